The smallest absolute Gasteiger partial charge is 0.338 e. The van der Waals surface area contributed by atoms with Gasteiger partial charge in [0.25, 0.3) is 0 Å². The van der Waals surface area contributed by atoms with Crippen LogP contribution in [0.3, 0.4) is 0 Å². The summed E-state index contributed by atoms with van der Waals surface area (Å²) in [6.45, 7) is 1.98. The zero-order valence-electron chi connectivity index (χ0n) is 19.4. The third-order valence-electron chi connectivity index (χ3n) is 5.20. The minimum Gasteiger partial charge on any atom is -0.497 e. The Morgan fingerprint density at radius 1 is 1.03 bits per heavy atom. The van der Waals surface area contributed by atoms with E-state index >= 15 is 0 Å². The molecule has 10 heteroatoms. The topological polar surface area (TPSA) is 92.3 Å². The number of carbonyl (C=O) groups is 2. The van der Waals surface area contributed by atoms with E-state index in [9.17, 15) is 9.59 Å². The van der Waals surface area contributed by atoms with E-state index in [0.717, 1.165) is 11.3 Å². The molecular weight excluding hydrogens is 466 g/mol. The number of rotatable bonds is 9. The molecule has 0 bridgehead atoms. The second-order valence-corrected chi connectivity index (χ2v) is 7.97. The summed E-state index contributed by atoms with van der Waals surface area (Å²) < 4.78 is 15.7. The van der Waals surface area contributed by atoms with Gasteiger partial charge in [0.1, 0.15) is 12.3 Å². The maximum absolute atomic E-state index is 12.8. The second-order valence-electron chi connectivity index (χ2n) is 7.60. The number of nitrogens with one attached hydrogen (secondary N) is 1. The first-order chi connectivity index (χ1) is 17.0. The maximum Gasteiger partial charge on any atom is 0.338 e. The summed E-state index contributed by atoms with van der Waals surface area (Å²) in [4.78, 5) is 24.6. The first-order valence-electron chi connectivity index (χ1n) is 11.0. The molecule has 0 spiro atoms. The molecular formula is C25H25N5O4S. The summed E-state index contributed by atoms with van der Waals surface area (Å²) in [7, 11) is 1.62. The molecule has 0 saturated carbocycles. The van der Waals surface area contributed by atoms with E-state index in [0.29, 0.717) is 34.9 Å². The van der Waals surface area contributed by atoms with Gasteiger partial charge in [-0.1, -0.05) is 12.1 Å². The van der Waals surface area contributed by atoms with Crippen molar-refractivity contribution in [2.45, 2.75) is 19.9 Å². The number of aromatic nitrogens is 4. The summed E-state index contributed by atoms with van der Waals surface area (Å²) in [5.41, 5.74) is 2.00. The molecule has 4 rings (SSSR count). The van der Waals surface area contributed by atoms with Crippen molar-refractivity contribution >= 4 is 29.8 Å². The third kappa shape index (κ3) is 5.67. The van der Waals surface area contributed by atoms with Gasteiger partial charge in [0.2, 0.25) is 10.7 Å². The molecule has 9 nitrogen and oxygen atoms in total. The number of anilines is 1. The molecule has 4 aromatic rings. The van der Waals surface area contributed by atoms with E-state index in [2.05, 4.69) is 10.4 Å². The van der Waals surface area contributed by atoms with Gasteiger partial charge >= 0.3 is 5.97 Å². The summed E-state index contributed by atoms with van der Waals surface area (Å²) in [6.07, 6.45) is 4.24. The standard InChI is InChI=1S/C25H25N5O4S/c1-3-34-24(32)19-8-10-20(11-9-19)26-23(31)17-29-25(35)30(28-14-4-5-15-28)22(27-29)16-18-6-12-21(33-2)13-7-18/h4-15H,3,16-17H2,1-2H3,(H,26,31). The van der Waals surface area contributed by atoms with Crippen molar-refractivity contribution in [3.8, 4) is 5.75 Å². The Labute approximate surface area is 207 Å². The van der Waals surface area contributed by atoms with Crippen molar-refractivity contribution in [2.24, 2.45) is 0 Å². The van der Waals surface area contributed by atoms with Gasteiger partial charge in [0.15, 0.2) is 5.82 Å². The number of amides is 1. The number of esters is 1. The minimum absolute atomic E-state index is 0.0671. The molecule has 0 aliphatic carbocycles. The van der Waals surface area contributed by atoms with Crippen LogP contribution in [0.15, 0.2) is 73.1 Å². The molecule has 0 fully saturated rings. The average Bonchev–Trinajstić information content (AvgIpc) is 3.48. The molecule has 2 aromatic carbocycles. The number of carbonyl (C=O) groups excluding carboxylic acids is 2. The first-order valence-corrected chi connectivity index (χ1v) is 11.4. The molecule has 2 aromatic heterocycles. The van der Waals surface area contributed by atoms with Gasteiger partial charge in [-0.15, -0.1) is 0 Å². The van der Waals surface area contributed by atoms with Gasteiger partial charge in [-0.05, 0) is 73.2 Å². The van der Waals surface area contributed by atoms with Crippen LogP contribution in [0, 0.1) is 4.77 Å². The number of methoxy groups -OCH3 is 1. The molecule has 1 N–H and O–H groups in total. The van der Waals surface area contributed by atoms with Gasteiger partial charge < -0.3 is 14.8 Å². The molecule has 1 amide bonds. The number of ether oxygens (including phenoxy) is 2. The maximum atomic E-state index is 12.8. The monoisotopic (exact) mass is 491 g/mol. The highest BCUT2D eigenvalue weighted by molar-refractivity contribution is 7.71. The largest absolute Gasteiger partial charge is 0.497 e. The van der Waals surface area contributed by atoms with Crippen LogP contribution in [0.25, 0.3) is 0 Å². The molecule has 2 heterocycles. The molecule has 0 atom stereocenters. The highest BCUT2D eigenvalue weighted by Gasteiger charge is 2.16. The minimum atomic E-state index is -0.406. The Hall–Kier alpha value is -4.18. The van der Waals surface area contributed by atoms with Crippen LogP contribution in [-0.4, -0.2) is 44.7 Å². The SMILES string of the molecule is CCOC(=O)c1ccc(NC(=O)Cn2nc(Cc3ccc(OC)cc3)n(-n3cccc3)c2=S)cc1. The fraction of sp³-hybridized carbons (Fsp3) is 0.200. The van der Waals surface area contributed by atoms with Gasteiger partial charge in [-0.25, -0.2) is 14.2 Å². The zero-order chi connectivity index (χ0) is 24.8. The van der Waals surface area contributed by atoms with E-state index < -0.39 is 5.97 Å². The van der Waals surface area contributed by atoms with Crippen molar-refractivity contribution in [2.75, 3.05) is 19.0 Å². The Morgan fingerprint density at radius 3 is 2.34 bits per heavy atom. The van der Waals surface area contributed by atoms with E-state index in [4.69, 9.17) is 21.7 Å². The van der Waals surface area contributed by atoms with Crippen LogP contribution in [0.5, 0.6) is 5.75 Å². The van der Waals surface area contributed by atoms with Gasteiger partial charge in [-0.2, -0.15) is 5.10 Å². The molecule has 180 valence electrons. The highest BCUT2D eigenvalue weighted by atomic mass is 32.1. The fourth-order valence-corrected chi connectivity index (χ4v) is 3.82. The average molecular weight is 492 g/mol. The fourth-order valence-electron chi connectivity index (χ4n) is 3.51. The number of hydrogen-bond acceptors (Lipinski definition) is 6. The second kappa shape index (κ2) is 10.8. The Bertz CT molecular complexity index is 1360. The van der Waals surface area contributed by atoms with Crippen molar-refractivity contribution in [3.63, 3.8) is 0 Å². The predicted molar refractivity (Wildman–Crippen MR) is 133 cm³/mol. The molecule has 0 aliphatic rings. The van der Waals surface area contributed by atoms with Gasteiger partial charge in [-0.3, -0.25) is 9.47 Å². The summed E-state index contributed by atoms with van der Waals surface area (Å²) in [5.74, 6) is 0.756. The molecule has 35 heavy (non-hydrogen) atoms. The van der Waals surface area contributed by atoms with Gasteiger partial charge in [0, 0.05) is 24.5 Å². The lowest BCUT2D eigenvalue weighted by Crippen LogP contribution is -2.20. The normalized spacial score (nSPS) is 10.7. The van der Waals surface area contributed by atoms with Crippen LogP contribution in [-0.2, 0) is 22.5 Å². The molecule has 0 radical (unpaired) electrons. The molecule has 0 aliphatic heterocycles. The van der Waals surface area contributed by atoms with Crippen LogP contribution >= 0.6 is 12.2 Å². The van der Waals surface area contributed by atoms with Gasteiger partial charge in [0.05, 0.1) is 19.3 Å². The molecule has 0 saturated heterocycles. The van der Waals surface area contributed by atoms with Crippen LogP contribution in [0.4, 0.5) is 5.69 Å². The molecule has 0 unspecified atom stereocenters. The number of benzene rings is 2. The van der Waals surface area contributed by atoms with E-state index in [1.807, 2.05) is 53.5 Å². The van der Waals surface area contributed by atoms with E-state index in [1.54, 1.807) is 43.0 Å². The van der Waals surface area contributed by atoms with E-state index in [1.165, 1.54) is 4.68 Å². The van der Waals surface area contributed by atoms with Crippen molar-refractivity contribution < 1.29 is 19.1 Å². The summed E-state index contributed by atoms with van der Waals surface area (Å²) >= 11 is 5.66. The lowest BCUT2D eigenvalue weighted by atomic mass is 10.1. The van der Waals surface area contributed by atoms with Crippen LogP contribution in [0.1, 0.15) is 28.7 Å². The van der Waals surface area contributed by atoms with Crippen molar-refractivity contribution in [1.29, 1.82) is 0 Å². The number of nitrogens with zero attached hydrogens (tertiary/aromatic N) is 4. The Morgan fingerprint density at radius 2 is 1.71 bits per heavy atom. The highest BCUT2D eigenvalue weighted by Crippen LogP contribution is 2.16. The first kappa shape index (κ1) is 24.0. The zero-order valence-corrected chi connectivity index (χ0v) is 20.2. The van der Waals surface area contributed by atoms with Crippen LogP contribution < -0.4 is 10.1 Å². The lowest BCUT2D eigenvalue weighted by Gasteiger charge is -2.08. The summed E-state index contributed by atoms with van der Waals surface area (Å²) in [6, 6.07) is 18.0. The summed E-state index contributed by atoms with van der Waals surface area (Å²) in [5, 5.41) is 7.46. The van der Waals surface area contributed by atoms with Crippen molar-refractivity contribution in [1.82, 2.24) is 19.1 Å². The Kier molecular flexibility index (Phi) is 7.41. The number of hydrogen-bond donors (Lipinski definition) is 1. The quantitative estimate of drug-likeness (QED) is 0.282. The van der Waals surface area contributed by atoms with E-state index in [-0.39, 0.29) is 12.5 Å². The predicted octanol–water partition coefficient (Wildman–Crippen LogP) is 3.94. The van der Waals surface area contributed by atoms with Crippen LogP contribution in [0.2, 0.25) is 0 Å². The lowest BCUT2D eigenvalue weighted by molar-refractivity contribution is -0.116. The Balaban J connectivity index is 1.53. The van der Waals surface area contributed by atoms with Crippen molar-refractivity contribution in [3.05, 3.63) is 94.8 Å². The third-order valence-corrected chi connectivity index (χ3v) is 5.58.